The van der Waals surface area contributed by atoms with Crippen LogP contribution in [0.2, 0.25) is 0 Å². The number of hydrogen-bond donors (Lipinski definition) is 0. The van der Waals surface area contributed by atoms with Crippen LogP contribution < -0.4 is 14.4 Å². The zero-order chi connectivity index (χ0) is 22.1. The van der Waals surface area contributed by atoms with Gasteiger partial charge in [-0.05, 0) is 42.8 Å². The van der Waals surface area contributed by atoms with Gasteiger partial charge in [0.25, 0.3) is 5.91 Å². The van der Waals surface area contributed by atoms with Gasteiger partial charge in [0.05, 0.1) is 6.61 Å². The minimum atomic E-state index is -0.280. The van der Waals surface area contributed by atoms with Gasteiger partial charge >= 0.3 is 0 Å². The second kappa shape index (κ2) is 10.7. The number of ether oxygens (including phenoxy) is 2. The van der Waals surface area contributed by atoms with Gasteiger partial charge in [0.15, 0.2) is 18.1 Å². The third-order valence-corrected chi connectivity index (χ3v) is 4.91. The summed E-state index contributed by atoms with van der Waals surface area (Å²) in [5.41, 5.74) is 1.86. The first-order valence-corrected chi connectivity index (χ1v) is 10.1. The van der Waals surface area contributed by atoms with Crippen LogP contribution in [-0.4, -0.2) is 50.2 Å². The lowest BCUT2D eigenvalue weighted by molar-refractivity contribution is -0.126. The highest BCUT2D eigenvalue weighted by Gasteiger charge is 2.24. The molecule has 3 rings (SSSR count). The van der Waals surface area contributed by atoms with Crippen LogP contribution in [0.4, 0.5) is 5.69 Å². The third kappa shape index (κ3) is 5.55. The number of hydrogen-bond acceptors (Lipinski definition) is 6. The Morgan fingerprint density at radius 3 is 2.42 bits per heavy atom. The summed E-state index contributed by atoms with van der Waals surface area (Å²) >= 11 is 0. The van der Waals surface area contributed by atoms with Crippen molar-refractivity contribution in [3.8, 4) is 23.6 Å². The van der Waals surface area contributed by atoms with Gasteiger partial charge in [-0.1, -0.05) is 24.3 Å². The van der Waals surface area contributed by atoms with Gasteiger partial charge in [0, 0.05) is 31.9 Å². The molecule has 0 N–H and O–H groups in total. The fourth-order valence-corrected chi connectivity index (χ4v) is 3.40. The number of anilines is 1. The Balaban J connectivity index is 1.71. The maximum Gasteiger partial charge on any atom is 0.264 e. The Morgan fingerprint density at radius 1 is 1.03 bits per heavy atom. The second-order valence-corrected chi connectivity index (χ2v) is 6.87. The number of carbonyl (C=O) groups excluding carboxylic acids is 1. The van der Waals surface area contributed by atoms with E-state index in [4.69, 9.17) is 14.7 Å². The summed E-state index contributed by atoms with van der Waals surface area (Å²) in [6.45, 7) is 4.71. The maximum absolute atomic E-state index is 12.9. The van der Waals surface area contributed by atoms with Gasteiger partial charge in [-0.25, -0.2) is 0 Å². The van der Waals surface area contributed by atoms with Crippen molar-refractivity contribution in [3.05, 3.63) is 59.7 Å². The van der Waals surface area contributed by atoms with Gasteiger partial charge in [0.1, 0.15) is 17.7 Å². The van der Waals surface area contributed by atoms with Gasteiger partial charge in [-0.3, -0.25) is 4.79 Å². The number of nitrogens with zero attached hydrogens (tertiary/aromatic N) is 4. The van der Waals surface area contributed by atoms with Crippen molar-refractivity contribution in [3.63, 3.8) is 0 Å². The normalized spacial score (nSPS) is 13.8. The molecule has 1 aliphatic heterocycles. The molecule has 0 unspecified atom stereocenters. The molecule has 1 heterocycles. The molecule has 1 amide bonds. The lowest BCUT2D eigenvalue weighted by Crippen LogP contribution is -2.49. The lowest BCUT2D eigenvalue weighted by Gasteiger charge is -2.36. The van der Waals surface area contributed by atoms with E-state index in [0.717, 1.165) is 5.69 Å². The average molecular weight is 416 g/mol. The molecule has 0 saturated carbocycles. The van der Waals surface area contributed by atoms with E-state index in [2.05, 4.69) is 17.0 Å². The van der Waals surface area contributed by atoms with Crippen LogP contribution >= 0.6 is 0 Å². The van der Waals surface area contributed by atoms with Crippen molar-refractivity contribution in [2.75, 3.05) is 44.3 Å². The summed E-state index contributed by atoms with van der Waals surface area (Å²) in [5.74, 6) is 0.633. The molecule has 2 aromatic rings. The van der Waals surface area contributed by atoms with Crippen LogP contribution in [0.3, 0.4) is 0 Å². The van der Waals surface area contributed by atoms with Crippen molar-refractivity contribution in [1.29, 1.82) is 10.5 Å². The SMILES string of the molecule is CCOc1cc(/C=C(/C#N)C(=O)N2CCN(c3ccccc3)CC2)ccc1OCC#N. The molecule has 7 heteroatoms. The molecular formula is C24H24N4O3. The topological polar surface area (TPSA) is 89.6 Å². The molecule has 158 valence electrons. The predicted octanol–water partition coefficient (Wildman–Crippen LogP) is 3.24. The minimum absolute atomic E-state index is 0.0707. The lowest BCUT2D eigenvalue weighted by atomic mass is 10.1. The van der Waals surface area contributed by atoms with E-state index in [1.54, 1.807) is 29.2 Å². The molecule has 0 atom stereocenters. The number of amides is 1. The fraction of sp³-hybridized carbons (Fsp3) is 0.292. The number of piperazine rings is 1. The standard InChI is InChI=1S/C24H24N4O3/c1-2-30-23-17-19(8-9-22(23)31-15-10-25)16-20(18-26)24(29)28-13-11-27(12-14-28)21-6-4-3-5-7-21/h3-9,16-17H,2,11-15H2,1H3/b20-16-. The molecule has 0 bridgehead atoms. The van der Waals surface area contributed by atoms with E-state index < -0.39 is 0 Å². The summed E-state index contributed by atoms with van der Waals surface area (Å²) in [4.78, 5) is 16.9. The smallest absolute Gasteiger partial charge is 0.264 e. The van der Waals surface area contributed by atoms with Crippen LogP contribution in [0.25, 0.3) is 6.08 Å². The maximum atomic E-state index is 12.9. The minimum Gasteiger partial charge on any atom is -0.490 e. The first-order chi connectivity index (χ1) is 15.2. The van der Waals surface area contributed by atoms with E-state index in [9.17, 15) is 10.1 Å². The fourth-order valence-electron chi connectivity index (χ4n) is 3.40. The summed E-state index contributed by atoms with van der Waals surface area (Å²) < 4.78 is 10.9. The van der Waals surface area contributed by atoms with Crippen molar-refractivity contribution < 1.29 is 14.3 Å². The Bertz CT molecular complexity index is 1010. The van der Waals surface area contributed by atoms with Gasteiger partial charge < -0.3 is 19.3 Å². The van der Waals surface area contributed by atoms with Gasteiger partial charge in [-0.2, -0.15) is 10.5 Å². The Labute approximate surface area is 182 Å². The van der Waals surface area contributed by atoms with E-state index in [0.29, 0.717) is 49.8 Å². The third-order valence-electron chi connectivity index (χ3n) is 4.91. The van der Waals surface area contributed by atoms with Crippen LogP contribution in [0.1, 0.15) is 12.5 Å². The average Bonchev–Trinajstić information content (AvgIpc) is 2.82. The molecule has 0 aliphatic carbocycles. The van der Waals surface area contributed by atoms with Gasteiger partial charge in [0.2, 0.25) is 0 Å². The molecule has 0 spiro atoms. The van der Waals surface area contributed by atoms with Crippen LogP contribution in [0, 0.1) is 22.7 Å². The number of benzene rings is 2. The first kappa shape index (κ1) is 21.7. The summed E-state index contributed by atoms with van der Waals surface area (Å²) in [6, 6.07) is 19.1. The highest BCUT2D eigenvalue weighted by molar-refractivity contribution is 6.01. The highest BCUT2D eigenvalue weighted by atomic mass is 16.5. The summed E-state index contributed by atoms with van der Waals surface area (Å²) in [6.07, 6.45) is 1.56. The van der Waals surface area contributed by atoms with Crippen molar-refractivity contribution in [2.45, 2.75) is 6.92 Å². The van der Waals surface area contributed by atoms with Crippen LogP contribution in [0.15, 0.2) is 54.1 Å². The Morgan fingerprint density at radius 2 is 1.77 bits per heavy atom. The molecule has 0 aromatic heterocycles. The van der Waals surface area contributed by atoms with E-state index >= 15 is 0 Å². The molecule has 31 heavy (non-hydrogen) atoms. The first-order valence-electron chi connectivity index (χ1n) is 10.1. The predicted molar refractivity (Wildman–Crippen MR) is 118 cm³/mol. The number of carbonyl (C=O) groups is 1. The summed E-state index contributed by atoms with van der Waals surface area (Å²) in [7, 11) is 0. The van der Waals surface area contributed by atoms with Gasteiger partial charge in [-0.15, -0.1) is 0 Å². The van der Waals surface area contributed by atoms with Crippen LogP contribution in [-0.2, 0) is 4.79 Å². The molecular weight excluding hydrogens is 392 g/mol. The Hall–Kier alpha value is -3.97. The zero-order valence-electron chi connectivity index (χ0n) is 17.5. The van der Waals surface area contributed by atoms with E-state index in [-0.39, 0.29) is 18.1 Å². The number of para-hydroxylation sites is 1. The van der Waals surface area contributed by atoms with Crippen molar-refractivity contribution >= 4 is 17.7 Å². The molecule has 7 nitrogen and oxygen atoms in total. The zero-order valence-corrected chi connectivity index (χ0v) is 17.5. The number of nitriles is 2. The Kier molecular flexibility index (Phi) is 7.50. The van der Waals surface area contributed by atoms with E-state index in [1.807, 2.05) is 37.3 Å². The molecule has 1 fully saturated rings. The van der Waals surface area contributed by atoms with Crippen molar-refractivity contribution in [2.24, 2.45) is 0 Å². The molecule has 1 aliphatic rings. The second-order valence-electron chi connectivity index (χ2n) is 6.87. The molecule has 2 aromatic carbocycles. The number of rotatable bonds is 7. The van der Waals surface area contributed by atoms with Crippen molar-refractivity contribution in [1.82, 2.24) is 4.90 Å². The quantitative estimate of drug-likeness (QED) is 0.508. The molecule has 1 saturated heterocycles. The highest BCUT2D eigenvalue weighted by Crippen LogP contribution is 2.29. The van der Waals surface area contributed by atoms with Crippen LogP contribution in [0.5, 0.6) is 11.5 Å². The largest absolute Gasteiger partial charge is 0.490 e. The monoisotopic (exact) mass is 416 g/mol. The molecule has 0 radical (unpaired) electrons. The summed E-state index contributed by atoms with van der Waals surface area (Å²) in [5, 5.41) is 18.3. The van der Waals surface area contributed by atoms with E-state index in [1.165, 1.54) is 0 Å².